The van der Waals surface area contributed by atoms with Crippen LogP contribution in [0.5, 0.6) is 11.5 Å². The van der Waals surface area contributed by atoms with Gasteiger partial charge in [-0.15, -0.1) is 0 Å². The van der Waals surface area contributed by atoms with Crippen molar-refractivity contribution < 1.29 is 24.6 Å². The summed E-state index contributed by atoms with van der Waals surface area (Å²) in [4.78, 5) is 19.0. The number of cyclic esters (lactones) is 1. The van der Waals surface area contributed by atoms with E-state index in [2.05, 4.69) is 11.6 Å². The van der Waals surface area contributed by atoms with Crippen LogP contribution in [-0.4, -0.2) is 16.2 Å². The number of carbonyl (C=O) groups is 1. The number of esters is 1. The van der Waals surface area contributed by atoms with Gasteiger partial charge in [-0.3, -0.25) is 10.3 Å². The zero-order chi connectivity index (χ0) is 25.2. The number of hydrogen-bond acceptors (Lipinski definition) is 6. The van der Waals surface area contributed by atoms with Crippen LogP contribution in [0.25, 0.3) is 6.08 Å². The first-order valence-corrected chi connectivity index (χ1v) is 11.9. The van der Waals surface area contributed by atoms with Gasteiger partial charge in [-0.05, 0) is 47.8 Å². The molecule has 1 aliphatic heterocycles. The summed E-state index contributed by atoms with van der Waals surface area (Å²) in [5, 5.41) is 20.8. The van der Waals surface area contributed by atoms with Crippen LogP contribution in [0.15, 0.2) is 103 Å². The molecule has 3 N–H and O–H groups in total. The summed E-state index contributed by atoms with van der Waals surface area (Å²) in [6, 6.07) is 21.7. The second kappa shape index (κ2) is 12.4. The highest BCUT2D eigenvalue weighted by Gasteiger charge is 2.23. The normalized spacial score (nSPS) is 18.7. The van der Waals surface area contributed by atoms with Crippen LogP contribution >= 0.6 is 0 Å². The Balaban J connectivity index is 1.66. The van der Waals surface area contributed by atoms with Crippen molar-refractivity contribution in [3.8, 4) is 11.5 Å². The minimum absolute atomic E-state index is 0.0365. The minimum Gasteiger partial charge on any atom is -0.508 e. The van der Waals surface area contributed by atoms with Crippen molar-refractivity contribution in [3.63, 3.8) is 0 Å². The van der Waals surface area contributed by atoms with Gasteiger partial charge in [-0.25, -0.2) is 4.79 Å². The molecule has 3 aromatic carbocycles. The lowest BCUT2D eigenvalue weighted by molar-refractivity contribution is 0.0299. The molecule has 0 spiro atoms. The van der Waals surface area contributed by atoms with E-state index in [9.17, 15) is 15.0 Å². The molecule has 36 heavy (non-hydrogen) atoms. The largest absolute Gasteiger partial charge is 0.508 e. The van der Waals surface area contributed by atoms with Gasteiger partial charge in [-0.1, -0.05) is 78.9 Å². The second-order valence-corrected chi connectivity index (χ2v) is 8.40. The molecule has 0 bridgehead atoms. The van der Waals surface area contributed by atoms with E-state index in [4.69, 9.17) is 9.57 Å². The van der Waals surface area contributed by atoms with Gasteiger partial charge in [-0.2, -0.15) is 0 Å². The van der Waals surface area contributed by atoms with Gasteiger partial charge in [0.15, 0.2) is 0 Å². The molecule has 0 unspecified atom stereocenters. The van der Waals surface area contributed by atoms with E-state index >= 15 is 0 Å². The summed E-state index contributed by atoms with van der Waals surface area (Å²) in [6.07, 6.45) is 11.1. The third-order valence-electron chi connectivity index (χ3n) is 5.65. The molecule has 0 amide bonds. The zero-order valence-corrected chi connectivity index (χ0v) is 19.8. The maximum atomic E-state index is 13.3. The van der Waals surface area contributed by atoms with Crippen molar-refractivity contribution in [2.75, 3.05) is 0 Å². The first-order valence-electron chi connectivity index (χ1n) is 11.9. The minimum atomic E-state index is -0.688. The van der Waals surface area contributed by atoms with E-state index in [-0.39, 0.29) is 17.1 Å². The number of carbonyl (C=O) groups excluding carboxylic acids is 1. The first-order chi connectivity index (χ1) is 17.6. The van der Waals surface area contributed by atoms with Gasteiger partial charge in [0, 0.05) is 12.5 Å². The van der Waals surface area contributed by atoms with Crippen molar-refractivity contribution in [1.82, 2.24) is 5.48 Å². The van der Waals surface area contributed by atoms with Crippen LogP contribution in [0.4, 0.5) is 0 Å². The number of aromatic hydroxyl groups is 2. The number of phenolic OH excluding ortho intramolecular Hbond substituents is 2. The molecule has 1 aliphatic rings. The third kappa shape index (κ3) is 6.87. The number of benzene rings is 3. The molecule has 6 heteroatoms. The highest BCUT2D eigenvalue weighted by Crippen LogP contribution is 2.32. The second-order valence-electron chi connectivity index (χ2n) is 8.40. The summed E-state index contributed by atoms with van der Waals surface area (Å²) in [5.41, 5.74) is 5.58. The lowest BCUT2D eigenvalue weighted by Gasteiger charge is -2.19. The fraction of sp³-hybridized carbons (Fsp3) is 0.167. The molecule has 184 valence electrons. The van der Waals surface area contributed by atoms with Crippen molar-refractivity contribution >= 4 is 12.0 Å². The van der Waals surface area contributed by atoms with Crippen molar-refractivity contribution in [1.29, 1.82) is 0 Å². The van der Waals surface area contributed by atoms with Gasteiger partial charge in [0.1, 0.15) is 23.2 Å². The number of phenols is 2. The Kier molecular flexibility index (Phi) is 8.57. The number of hydrogen-bond donors (Lipinski definition) is 3. The Morgan fingerprint density at radius 2 is 1.64 bits per heavy atom. The van der Waals surface area contributed by atoms with Gasteiger partial charge in [0.2, 0.25) is 0 Å². The number of rotatable bonds is 5. The Bertz CT molecular complexity index is 1250. The van der Waals surface area contributed by atoms with Gasteiger partial charge < -0.3 is 14.9 Å². The summed E-state index contributed by atoms with van der Waals surface area (Å²) in [5.74, 6) is -1.23. The molecule has 0 radical (unpaired) electrons. The summed E-state index contributed by atoms with van der Waals surface area (Å²) in [6.45, 7) is 0.327. The Morgan fingerprint density at radius 1 is 0.917 bits per heavy atom. The molecular formula is C30H29NO5. The van der Waals surface area contributed by atoms with Crippen molar-refractivity contribution in [2.45, 2.75) is 32.0 Å². The fourth-order valence-electron chi connectivity index (χ4n) is 3.87. The maximum Gasteiger partial charge on any atom is 0.343 e. The fourth-order valence-corrected chi connectivity index (χ4v) is 3.87. The molecule has 0 saturated carbocycles. The first kappa shape index (κ1) is 24.8. The van der Waals surface area contributed by atoms with E-state index < -0.39 is 12.1 Å². The van der Waals surface area contributed by atoms with Gasteiger partial charge in [0.25, 0.3) is 0 Å². The summed E-state index contributed by atoms with van der Waals surface area (Å²) in [7, 11) is 0. The smallest absolute Gasteiger partial charge is 0.343 e. The standard InChI is InChI=1S/C30H29NO5/c32-26-19-24-18-25(31-35-21-22-12-6-4-7-13-22)16-10-2-1-3-11-17-28(23-14-8-5-9-15-23)36-30(34)29(24)27(33)20-26/h3-16,18-20,28,31-33H,1-2,17,21H2/b11-3?,16-10+,25-18-/t28-/m1/s1. The van der Waals surface area contributed by atoms with Crippen LogP contribution in [0.3, 0.4) is 0 Å². The highest BCUT2D eigenvalue weighted by molar-refractivity contribution is 5.97. The predicted molar refractivity (Wildman–Crippen MR) is 139 cm³/mol. The Hall–Kier alpha value is -4.29. The van der Waals surface area contributed by atoms with Crippen molar-refractivity contribution in [3.05, 3.63) is 125 Å². The van der Waals surface area contributed by atoms with Crippen LogP contribution in [-0.2, 0) is 16.2 Å². The highest BCUT2D eigenvalue weighted by atomic mass is 16.6. The summed E-state index contributed by atoms with van der Waals surface area (Å²) >= 11 is 0. The molecule has 3 aromatic rings. The van der Waals surface area contributed by atoms with E-state index in [0.29, 0.717) is 24.3 Å². The number of fused-ring (bicyclic) bond motifs is 1. The number of ether oxygens (including phenoxy) is 1. The average molecular weight is 484 g/mol. The molecule has 1 heterocycles. The number of allylic oxidation sites excluding steroid dienone is 3. The van der Waals surface area contributed by atoms with Gasteiger partial charge >= 0.3 is 5.97 Å². The summed E-state index contributed by atoms with van der Waals surface area (Å²) < 4.78 is 5.87. The van der Waals surface area contributed by atoms with E-state index in [0.717, 1.165) is 30.0 Å². The Labute approximate surface area is 210 Å². The topological polar surface area (TPSA) is 88.0 Å². The quantitative estimate of drug-likeness (QED) is 0.223. The Morgan fingerprint density at radius 3 is 2.42 bits per heavy atom. The third-order valence-corrected chi connectivity index (χ3v) is 5.65. The zero-order valence-electron chi connectivity index (χ0n) is 19.8. The molecule has 0 fully saturated rings. The molecule has 1 atom stereocenters. The van der Waals surface area contributed by atoms with Gasteiger partial charge in [0.05, 0.1) is 12.3 Å². The molecule has 4 rings (SSSR count). The number of hydroxylamine groups is 1. The van der Waals surface area contributed by atoms with Crippen LogP contribution in [0, 0.1) is 0 Å². The molecule has 6 nitrogen and oxygen atoms in total. The average Bonchev–Trinajstić information content (AvgIpc) is 2.87. The van der Waals surface area contributed by atoms with Crippen LogP contribution in [0.1, 0.15) is 52.4 Å². The molecule has 0 aromatic heterocycles. The lowest BCUT2D eigenvalue weighted by atomic mass is 10.0. The van der Waals surface area contributed by atoms with E-state index in [1.165, 1.54) is 6.07 Å². The lowest BCUT2D eigenvalue weighted by Crippen LogP contribution is -2.15. The van der Waals surface area contributed by atoms with Crippen molar-refractivity contribution in [2.24, 2.45) is 0 Å². The molecule has 0 saturated heterocycles. The van der Waals surface area contributed by atoms with Crippen LogP contribution < -0.4 is 5.48 Å². The molecular weight excluding hydrogens is 454 g/mol. The maximum absolute atomic E-state index is 13.3. The number of nitrogens with one attached hydrogen (secondary N) is 1. The van der Waals surface area contributed by atoms with E-state index in [1.807, 2.05) is 78.9 Å². The van der Waals surface area contributed by atoms with Crippen LogP contribution in [0.2, 0.25) is 0 Å². The van der Waals surface area contributed by atoms with E-state index in [1.54, 1.807) is 6.08 Å². The monoisotopic (exact) mass is 483 g/mol. The SMILES string of the molecule is O=C1O[C@@H](c2ccccc2)CC=CCC/C=C/C(NOCc2ccccc2)=C/c2cc(O)cc(O)c21. The predicted octanol–water partition coefficient (Wildman–Crippen LogP) is 6.35. The molecule has 0 aliphatic carbocycles.